The Morgan fingerprint density at radius 1 is 0.629 bits per heavy atom. The van der Waals surface area contributed by atoms with E-state index < -0.39 is 14.9 Å². The molecule has 0 saturated heterocycles. The van der Waals surface area contributed by atoms with Gasteiger partial charge in [0.05, 0.1) is 30.5 Å². The third-order valence-corrected chi connectivity index (χ3v) is 15.6. The number of hydrogen-bond donors (Lipinski definition) is 0. The summed E-state index contributed by atoms with van der Waals surface area (Å²) in [5.41, 5.74) is 11.6. The molecular weight excluding hydrogens is 1050 g/mol. The van der Waals surface area contributed by atoms with Crippen LogP contribution in [0.2, 0.25) is 19.6 Å². The van der Waals surface area contributed by atoms with Crippen LogP contribution >= 0.6 is 0 Å². The topological polar surface area (TPSA) is 43.9 Å². The second-order valence-electron chi connectivity index (χ2n) is 19.8. The van der Waals surface area contributed by atoms with E-state index in [4.69, 9.17) is 13.5 Å². The smallest absolute Gasteiger partial charge is 0.121 e. The zero-order valence-corrected chi connectivity index (χ0v) is 43.9. The third-order valence-electron chi connectivity index (χ3n) is 13.5. The quantitative estimate of drug-likeness (QED) is 0.0907. The van der Waals surface area contributed by atoms with Crippen LogP contribution in [0.25, 0.3) is 105 Å². The van der Waals surface area contributed by atoms with E-state index in [9.17, 15) is 0 Å². The summed E-state index contributed by atoms with van der Waals surface area (Å²) in [6.07, 6.45) is 2.02. The summed E-state index contributed by atoms with van der Waals surface area (Å²) < 4.78 is 35.2. The second-order valence-corrected chi connectivity index (χ2v) is 24.9. The summed E-state index contributed by atoms with van der Waals surface area (Å²) in [5.74, 6) is 0.993. The predicted octanol–water partition coefficient (Wildman–Crippen LogP) is 17.2. The van der Waals surface area contributed by atoms with Crippen molar-refractivity contribution in [3.8, 4) is 39.5 Å². The van der Waals surface area contributed by atoms with Gasteiger partial charge in [0, 0.05) is 46.9 Å². The van der Waals surface area contributed by atoms with Gasteiger partial charge in [0.1, 0.15) is 5.58 Å². The molecule has 9 aromatic carbocycles. The first-order chi connectivity index (χ1) is 34.6. The Bertz CT molecular complexity index is 3980. The van der Waals surface area contributed by atoms with Crippen molar-refractivity contribution in [1.82, 2.24) is 14.5 Å². The molecule has 0 saturated carbocycles. The predicted molar refractivity (Wildman–Crippen MR) is 295 cm³/mol. The van der Waals surface area contributed by atoms with E-state index in [1.54, 1.807) is 6.07 Å². The minimum Gasteiger partial charge on any atom is -0.501 e. The Balaban J connectivity index is 0.000000307. The maximum Gasteiger partial charge on any atom is 0.121 e. The fourth-order valence-corrected chi connectivity index (χ4v) is 10.9. The minimum absolute atomic E-state index is 0. The number of pyridine rings is 1. The van der Waals surface area contributed by atoms with Gasteiger partial charge < -0.3 is 14.0 Å². The Morgan fingerprint density at radius 3 is 1.97 bits per heavy atom. The molecule has 0 spiro atoms. The second kappa shape index (κ2) is 18.8. The zero-order chi connectivity index (χ0) is 50.1. The molecule has 3 aromatic heterocycles. The Labute approximate surface area is 429 Å². The number of rotatable bonds is 7. The molecule has 0 aliphatic rings. The zero-order valence-electron chi connectivity index (χ0n) is 43.5. The van der Waals surface area contributed by atoms with E-state index in [0.717, 1.165) is 65.7 Å². The molecule has 0 atom stereocenters. The van der Waals surface area contributed by atoms with E-state index in [1.165, 1.54) is 27.4 Å². The third kappa shape index (κ3) is 8.38. The molecular formula is C64H55IrN3OSi-2. The van der Waals surface area contributed by atoms with Gasteiger partial charge in [-0.25, -0.2) is 0 Å². The van der Waals surface area contributed by atoms with E-state index in [-0.39, 0.29) is 37.5 Å². The molecule has 6 heteroatoms. The molecule has 3 heterocycles. The van der Waals surface area contributed by atoms with Crippen molar-refractivity contribution in [3.63, 3.8) is 0 Å². The number of hydrogen-bond acceptors (Lipinski definition) is 3. The van der Waals surface area contributed by atoms with Crippen LogP contribution in [0.15, 0.2) is 180 Å². The van der Waals surface area contributed by atoms with Crippen LogP contribution < -0.4 is 5.19 Å². The Kier molecular flexibility index (Phi) is 11.5. The minimum atomic E-state index is -2.41. The van der Waals surface area contributed by atoms with Gasteiger partial charge in [0.2, 0.25) is 0 Å². The summed E-state index contributed by atoms with van der Waals surface area (Å²) in [5, 5.41) is 9.22. The van der Waals surface area contributed by atoms with Gasteiger partial charge >= 0.3 is 0 Å². The van der Waals surface area contributed by atoms with Crippen LogP contribution in [0.3, 0.4) is 0 Å². The fraction of sp³-hybridized carbons (Fsp3) is 0.156. The molecule has 4 nitrogen and oxygen atoms in total. The summed E-state index contributed by atoms with van der Waals surface area (Å²) in [4.78, 5) is 9.95. The molecule has 0 aliphatic heterocycles. The first kappa shape index (κ1) is 43.1. The summed E-state index contributed by atoms with van der Waals surface area (Å²) in [7, 11) is -1.23. The standard InChI is InChI=1S/C50H39N2O.C14H16NSi.Ir/c1-29(2)40-25-36(32-13-7-6-8-14-32)26-41(30(3)4)47(40)52-48-38-18-12-10-16-34(38)22-24-44(48)51-50(52)39-23-19-31(5)46-43-28-42-35(27-45(43)53-49(39)46)21-20-33-15-9-11-17-37(33)42;1-16(2,3)13-9-10-14(15-11-13)12-7-5-4-6-8-12;/h6-22,24-30H,1-5H3;4-7,9-11H,1-3H3;/q2*-1;/i5D3;;. The Morgan fingerprint density at radius 2 is 1.30 bits per heavy atom. The number of aryl methyl sites for hydroxylation is 1. The van der Waals surface area contributed by atoms with E-state index >= 15 is 0 Å². The average Bonchev–Trinajstić information content (AvgIpc) is 3.96. The van der Waals surface area contributed by atoms with Crippen LogP contribution in [-0.2, 0) is 20.1 Å². The van der Waals surface area contributed by atoms with Gasteiger partial charge in [-0.2, -0.15) is 0 Å². The average molecular weight is 1110 g/mol. The number of imidazole rings is 1. The molecule has 1 radical (unpaired) electrons. The number of aromatic nitrogens is 3. The monoisotopic (exact) mass is 1110 g/mol. The van der Waals surface area contributed by atoms with Crippen LogP contribution in [0.5, 0.6) is 0 Å². The van der Waals surface area contributed by atoms with E-state index in [1.807, 2.05) is 48.7 Å². The van der Waals surface area contributed by atoms with Gasteiger partial charge in [-0.1, -0.05) is 174 Å². The summed E-state index contributed by atoms with van der Waals surface area (Å²) in [6, 6.07) is 65.1. The number of furan rings is 1. The van der Waals surface area contributed by atoms with Gasteiger partial charge in [0.15, 0.2) is 0 Å². The van der Waals surface area contributed by atoms with Gasteiger partial charge in [0.25, 0.3) is 0 Å². The summed E-state index contributed by atoms with van der Waals surface area (Å²) >= 11 is 0. The first-order valence-corrected chi connectivity index (χ1v) is 27.4. The molecule has 0 bridgehead atoms. The maximum absolute atomic E-state index is 8.69. The van der Waals surface area contributed by atoms with Crippen molar-refractivity contribution in [1.29, 1.82) is 0 Å². The molecule has 0 amide bonds. The van der Waals surface area contributed by atoms with Gasteiger partial charge in [-0.3, -0.25) is 4.98 Å². The molecule has 12 rings (SSSR count). The Hall–Kier alpha value is -6.95. The van der Waals surface area contributed by atoms with Gasteiger partial charge in [-0.15, -0.1) is 53.6 Å². The van der Waals surface area contributed by atoms with Crippen LogP contribution in [0.1, 0.15) is 60.3 Å². The SMILES string of the molecule is C[Si](C)(C)c1ccc(-c2[c-]cccc2)nc1.[2H]C([2H])([2H])c1c[c-]c(-c2nc3ccc4ccccc4c3n2-c2c(C(C)C)cc(-c3ccccc3)cc2C(C)C)c2oc3cc4ccc5ccccc5c4cc3c12.[Ir]. The van der Waals surface area contributed by atoms with Crippen molar-refractivity contribution >= 4 is 78.5 Å². The molecule has 0 N–H and O–H groups in total. The maximum atomic E-state index is 8.69. The van der Waals surface area contributed by atoms with Crippen molar-refractivity contribution in [2.45, 2.75) is 66.0 Å². The molecule has 0 unspecified atom stereocenters. The number of benzene rings is 9. The van der Waals surface area contributed by atoms with Crippen molar-refractivity contribution in [2.75, 3.05) is 0 Å². The fourth-order valence-electron chi connectivity index (χ4n) is 9.88. The molecule has 12 aromatic rings. The largest absolute Gasteiger partial charge is 0.501 e. The van der Waals surface area contributed by atoms with E-state index in [2.05, 4.69) is 190 Å². The van der Waals surface area contributed by atoms with Crippen molar-refractivity contribution < 1.29 is 28.6 Å². The molecule has 347 valence electrons. The van der Waals surface area contributed by atoms with Crippen molar-refractivity contribution in [2.24, 2.45) is 0 Å². The van der Waals surface area contributed by atoms with Gasteiger partial charge in [-0.05, 0) is 102 Å². The summed E-state index contributed by atoms with van der Waals surface area (Å²) in [6.45, 7) is 13.6. The molecule has 0 aliphatic carbocycles. The van der Waals surface area contributed by atoms with Crippen molar-refractivity contribution in [3.05, 3.63) is 205 Å². The van der Waals surface area contributed by atoms with Crippen LogP contribution in [-0.4, -0.2) is 22.6 Å². The van der Waals surface area contributed by atoms with E-state index in [0.29, 0.717) is 27.9 Å². The van der Waals surface area contributed by atoms with Crippen LogP contribution in [0, 0.1) is 19.0 Å². The normalized spacial score (nSPS) is 12.7. The van der Waals surface area contributed by atoms with Crippen LogP contribution in [0.4, 0.5) is 0 Å². The molecule has 0 fully saturated rings. The number of nitrogens with zero attached hydrogens (tertiary/aromatic N) is 3. The molecule has 70 heavy (non-hydrogen) atoms. The number of fused-ring (bicyclic) bond motifs is 9. The first-order valence-electron chi connectivity index (χ1n) is 25.4.